The van der Waals surface area contributed by atoms with Gasteiger partial charge in [0.05, 0.1) is 12.1 Å². The Morgan fingerprint density at radius 3 is 2.60 bits per heavy atom. The van der Waals surface area contributed by atoms with Gasteiger partial charge in [0.2, 0.25) is 0 Å². The largest absolute Gasteiger partial charge is 0.493 e. The summed E-state index contributed by atoms with van der Waals surface area (Å²) in [7, 11) is 6.04. The number of hydrogen-bond acceptors (Lipinski definition) is 2. The van der Waals surface area contributed by atoms with Gasteiger partial charge in [-0.3, -0.25) is 0 Å². The molecule has 1 aromatic carbocycles. The first-order chi connectivity index (χ1) is 9.02. The summed E-state index contributed by atoms with van der Waals surface area (Å²) in [6.07, 6.45) is 2.99. The fourth-order valence-corrected chi connectivity index (χ4v) is 2.34. The first-order valence-corrected chi connectivity index (χ1v) is 6.58. The Labute approximate surface area is 125 Å². The second-order valence-corrected chi connectivity index (χ2v) is 5.05. The Morgan fingerprint density at radius 1 is 1.30 bits per heavy atom. The molecule has 0 saturated carbocycles. The lowest BCUT2D eigenvalue weighted by Gasteiger charge is -2.10. The Bertz CT molecular complexity index is 581. The highest BCUT2D eigenvalue weighted by Gasteiger charge is 2.14. The molecule has 0 unspecified atom stereocenters. The van der Waals surface area contributed by atoms with Gasteiger partial charge in [0.1, 0.15) is 11.6 Å². The smallest absolute Gasteiger partial charge is 0.131 e. The van der Waals surface area contributed by atoms with E-state index in [-0.39, 0.29) is 18.2 Å². The van der Waals surface area contributed by atoms with Crippen LogP contribution >= 0.6 is 12.4 Å². The molecule has 1 aromatic heterocycles. The number of rotatable bonds is 5. The van der Waals surface area contributed by atoms with Gasteiger partial charge in [-0.1, -0.05) is 0 Å². The van der Waals surface area contributed by atoms with Crippen LogP contribution in [0.5, 0.6) is 5.75 Å². The van der Waals surface area contributed by atoms with E-state index in [4.69, 9.17) is 4.74 Å². The minimum absolute atomic E-state index is 0. The Kier molecular flexibility index (Phi) is 5.84. The SMILES string of the molecule is CCOc1cc(F)cc2c1c(CCN(C)C)cn2C.Cl. The van der Waals surface area contributed by atoms with Gasteiger partial charge in [0.15, 0.2) is 0 Å². The van der Waals surface area contributed by atoms with Crippen molar-refractivity contribution in [2.24, 2.45) is 7.05 Å². The summed E-state index contributed by atoms with van der Waals surface area (Å²) in [5.74, 6) is 0.392. The summed E-state index contributed by atoms with van der Waals surface area (Å²) in [6.45, 7) is 3.42. The maximum absolute atomic E-state index is 13.6. The molecule has 112 valence electrons. The van der Waals surface area contributed by atoms with E-state index in [1.807, 2.05) is 32.6 Å². The highest BCUT2D eigenvalue weighted by molar-refractivity contribution is 5.90. The number of ether oxygens (including phenoxy) is 1. The average molecular weight is 301 g/mol. The molecule has 0 aliphatic carbocycles. The van der Waals surface area contributed by atoms with E-state index in [0.717, 1.165) is 23.9 Å². The summed E-state index contributed by atoms with van der Waals surface area (Å²) < 4.78 is 21.2. The highest BCUT2D eigenvalue weighted by atomic mass is 35.5. The van der Waals surface area contributed by atoms with Crippen LogP contribution < -0.4 is 4.74 Å². The Morgan fingerprint density at radius 2 is 2.00 bits per heavy atom. The van der Waals surface area contributed by atoms with E-state index >= 15 is 0 Å². The molecule has 1 heterocycles. The van der Waals surface area contributed by atoms with Crippen molar-refractivity contribution >= 4 is 23.3 Å². The average Bonchev–Trinajstić information content (AvgIpc) is 2.64. The van der Waals surface area contributed by atoms with Crippen LogP contribution in [0.25, 0.3) is 10.9 Å². The Balaban J connectivity index is 0.00000200. The van der Waals surface area contributed by atoms with Crippen LogP contribution in [0.2, 0.25) is 0 Å². The molecule has 20 heavy (non-hydrogen) atoms. The molecule has 0 radical (unpaired) electrons. The molecule has 2 rings (SSSR count). The van der Waals surface area contributed by atoms with Crippen LogP contribution in [0, 0.1) is 5.82 Å². The van der Waals surface area contributed by atoms with E-state index < -0.39 is 0 Å². The first-order valence-electron chi connectivity index (χ1n) is 6.58. The normalized spacial score (nSPS) is 10.9. The molecular formula is C15H22ClFN2O. The molecule has 0 aliphatic heterocycles. The summed E-state index contributed by atoms with van der Waals surface area (Å²) in [6, 6.07) is 3.04. The molecule has 0 amide bonds. The molecule has 5 heteroatoms. The summed E-state index contributed by atoms with van der Waals surface area (Å²) in [5.41, 5.74) is 2.09. The minimum Gasteiger partial charge on any atom is -0.493 e. The topological polar surface area (TPSA) is 17.4 Å². The molecule has 0 spiro atoms. The van der Waals surface area contributed by atoms with Crippen molar-refractivity contribution in [2.75, 3.05) is 27.2 Å². The number of hydrogen-bond donors (Lipinski definition) is 0. The fraction of sp³-hybridized carbons (Fsp3) is 0.467. The lowest BCUT2D eigenvalue weighted by molar-refractivity contribution is 0.342. The number of likely N-dealkylation sites (N-methyl/N-ethyl adjacent to an activating group) is 1. The summed E-state index contributed by atoms with van der Waals surface area (Å²) in [4.78, 5) is 2.14. The molecule has 2 aromatic rings. The van der Waals surface area contributed by atoms with E-state index in [1.54, 1.807) is 6.07 Å². The van der Waals surface area contributed by atoms with Crippen molar-refractivity contribution < 1.29 is 9.13 Å². The Hall–Kier alpha value is -1.26. The second-order valence-electron chi connectivity index (χ2n) is 5.05. The lowest BCUT2D eigenvalue weighted by Crippen LogP contribution is -2.14. The third kappa shape index (κ3) is 3.44. The van der Waals surface area contributed by atoms with Crippen molar-refractivity contribution in [2.45, 2.75) is 13.3 Å². The summed E-state index contributed by atoms with van der Waals surface area (Å²) in [5, 5.41) is 1.03. The van der Waals surface area contributed by atoms with Crippen LogP contribution in [0.1, 0.15) is 12.5 Å². The standard InChI is InChI=1S/C15H21FN2O.ClH/c1-5-19-14-9-12(16)8-13-15(14)11(10-18(13)4)6-7-17(2)3;/h8-10H,5-7H2,1-4H3;1H. The van der Waals surface area contributed by atoms with Crippen LogP contribution in [-0.2, 0) is 13.5 Å². The molecule has 0 bridgehead atoms. The minimum atomic E-state index is -0.253. The predicted molar refractivity (Wildman–Crippen MR) is 83.6 cm³/mol. The van der Waals surface area contributed by atoms with Gasteiger partial charge < -0.3 is 14.2 Å². The number of aromatic nitrogens is 1. The number of benzene rings is 1. The number of halogens is 2. The molecule has 0 N–H and O–H groups in total. The number of fused-ring (bicyclic) bond motifs is 1. The lowest BCUT2D eigenvalue weighted by atomic mass is 10.1. The maximum Gasteiger partial charge on any atom is 0.131 e. The predicted octanol–water partition coefficient (Wildman–Crippen LogP) is 3.24. The third-order valence-electron chi connectivity index (χ3n) is 3.22. The van der Waals surface area contributed by atoms with Crippen molar-refractivity contribution in [3.05, 3.63) is 29.7 Å². The number of aryl methyl sites for hydroxylation is 1. The molecule has 3 nitrogen and oxygen atoms in total. The van der Waals surface area contributed by atoms with Crippen LogP contribution in [0.15, 0.2) is 18.3 Å². The summed E-state index contributed by atoms with van der Waals surface area (Å²) >= 11 is 0. The van der Waals surface area contributed by atoms with Gasteiger partial charge in [-0.2, -0.15) is 0 Å². The molecule has 0 aliphatic rings. The van der Waals surface area contributed by atoms with Crippen molar-refractivity contribution in [3.63, 3.8) is 0 Å². The van der Waals surface area contributed by atoms with Crippen molar-refractivity contribution in [1.29, 1.82) is 0 Å². The van der Waals surface area contributed by atoms with E-state index in [2.05, 4.69) is 11.1 Å². The fourth-order valence-electron chi connectivity index (χ4n) is 2.34. The van der Waals surface area contributed by atoms with Crippen LogP contribution in [0.3, 0.4) is 0 Å². The third-order valence-corrected chi connectivity index (χ3v) is 3.22. The van der Waals surface area contributed by atoms with Gasteiger partial charge in [-0.25, -0.2) is 4.39 Å². The molecule has 0 fully saturated rings. The number of nitrogens with zero attached hydrogens (tertiary/aromatic N) is 2. The quantitative estimate of drug-likeness (QED) is 0.843. The van der Waals surface area contributed by atoms with Gasteiger partial charge in [0, 0.05) is 31.2 Å². The van der Waals surface area contributed by atoms with Crippen LogP contribution in [-0.4, -0.2) is 36.7 Å². The van der Waals surface area contributed by atoms with E-state index in [1.165, 1.54) is 11.6 Å². The molecule has 0 atom stereocenters. The molecular weight excluding hydrogens is 279 g/mol. The van der Waals surface area contributed by atoms with Crippen molar-refractivity contribution in [3.8, 4) is 5.75 Å². The second kappa shape index (κ2) is 6.95. The zero-order chi connectivity index (χ0) is 14.0. The zero-order valence-electron chi connectivity index (χ0n) is 12.4. The van der Waals surface area contributed by atoms with E-state index in [0.29, 0.717) is 12.4 Å². The van der Waals surface area contributed by atoms with Gasteiger partial charge in [0.25, 0.3) is 0 Å². The zero-order valence-corrected chi connectivity index (χ0v) is 13.3. The van der Waals surface area contributed by atoms with Gasteiger partial charge in [-0.15, -0.1) is 12.4 Å². The maximum atomic E-state index is 13.6. The molecule has 0 saturated heterocycles. The van der Waals surface area contributed by atoms with Crippen LogP contribution in [0.4, 0.5) is 4.39 Å². The van der Waals surface area contributed by atoms with Crippen molar-refractivity contribution in [1.82, 2.24) is 9.47 Å². The van der Waals surface area contributed by atoms with Gasteiger partial charge >= 0.3 is 0 Å². The monoisotopic (exact) mass is 300 g/mol. The highest BCUT2D eigenvalue weighted by Crippen LogP contribution is 2.32. The first kappa shape index (κ1) is 16.8. The van der Waals surface area contributed by atoms with Gasteiger partial charge in [-0.05, 0) is 39.1 Å². The van der Waals surface area contributed by atoms with E-state index in [9.17, 15) is 4.39 Å².